The van der Waals surface area contributed by atoms with Gasteiger partial charge in [0.1, 0.15) is 12.4 Å². The third-order valence-corrected chi connectivity index (χ3v) is 6.80. The summed E-state index contributed by atoms with van der Waals surface area (Å²) in [5.41, 5.74) is 1.10. The van der Waals surface area contributed by atoms with Crippen LogP contribution in [0.25, 0.3) is 0 Å². The van der Waals surface area contributed by atoms with Crippen LogP contribution in [0.15, 0.2) is 53.0 Å². The van der Waals surface area contributed by atoms with Gasteiger partial charge in [-0.05, 0) is 45.5 Å². The van der Waals surface area contributed by atoms with Crippen molar-refractivity contribution >= 4 is 32.0 Å². The molecule has 0 spiro atoms. The first-order chi connectivity index (χ1) is 14.7. The van der Waals surface area contributed by atoms with E-state index in [0.717, 1.165) is 5.56 Å². The molecule has 0 aromatic heterocycles. The summed E-state index contributed by atoms with van der Waals surface area (Å²) in [4.78, 5) is 14.2. The van der Waals surface area contributed by atoms with Crippen LogP contribution in [0.2, 0.25) is 0 Å². The van der Waals surface area contributed by atoms with Gasteiger partial charge in [0.25, 0.3) is 0 Å². The second-order valence-corrected chi connectivity index (χ2v) is 10.1. The van der Waals surface area contributed by atoms with Crippen molar-refractivity contribution in [1.82, 2.24) is 9.62 Å². The fourth-order valence-corrected chi connectivity index (χ4v) is 5.02. The highest BCUT2D eigenvalue weighted by Gasteiger charge is 2.44. The van der Waals surface area contributed by atoms with Crippen LogP contribution in [-0.2, 0) is 27.8 Å². The van der Waals surface area contributed by atoms with Crippen LogP contribution in [0.1, 0.15) is 18.1 Å². The van der Waals surface area contributed by atoms with E-state index in [2.05, 4.69) is 20.7 Å². The average molecular weight is 517 g/mol. The number of hydrogen-bond acceptors (Lipinski definition) is 4. The van der Waals surface area contributed by atoms with E-state index in [9.17, 15) is 22.0 Å². The molecule has 0 bridgehead atoms. The van der Waals surface area contributed by atoms with E-state index in [-0.39, 0.29) is 30.0 Å². The minimum absolute atomic E-state index is 0.0372. The second-order valence-electron chi connectivity index (χ2n) is 7.52. The molecule has 2 aromatic carbocycles. The van der Waals surface area contributed by atoms with Crippen molar-refractivity contribution in [3.63, 3.8) is 0 Å². The van der Waals surface area contributed by atoms with Gasteiger partial charge in [-0.25, -0.2) is 26.7 Å². The van der Waals surface area contributed by atoms with Crippen molar-refractivity contribution in [2.45, 2.75) is 32.0 Å². The Bertz CT molecular complexity index is 1020. The molecule has 1 amide bonds. The summed E-state index contributed by atoms with van der Waals surface area (Å²) in [5.74, 6) is -0.822. The number of likely N-dealkylation sites (tertiary alicyclic amines) is 1. The molecule has 6 nitrogen and oxygen atoms in total. The molecule has 3 rings (SSSR count). The van der Waals surface area contributed by atoms with Crippen LogP contribution in [0.5, 0.6) is 0 Å². The van der Waals surface area contributed by atoms with Crippen LogP contribution in [0.3, 0.4) is 0 Å². The van der Waals surface area contributed by atoms with Crippen molar-refractivity contribution < 1.29 is 26.7 Å². The highest BCUT2D eigenvalue weighted by atomic mass is 79.9. The van der Waals surface area contributed by atoms with E-state index in [1.54, 1.807) is 25.1 Å². The molecule has 1 heterocycles. The summed E-state index contributed by atoms with van der Waals surface area (Å²) in [7, 11) is -4.18. The van der Waals surface area contributed by atoms with Gasteiger partial charge in [0.2, 0.25) is 16.0 Å². The van der Waals surface area contributed by atoms with Crippen molar-refractivity contribution in [3.05, 3.63) is 69.9 Å². The van der Waals surface area contributed by atoms with Gasteiger partial charge >= 0.3 is 6.09 Å². The summed E-state index contributed by atoms with van der Waals surface area (Å²) in [5, 5.41) is 0. The number of nitrogens with zero attached hydrogens (tertiary/aromatic N) is 1. The van der Waals surface area contributed by atoms with Gasteiger partial charge in [-0.15, -0.1) is 0 Å². The van der Waals surface area contributed by atoms with Gasteiger partial charge in [0.15, 0.2) is 0 Å². The molecular weight excluding hydrogens is 494 g/mol. The Morgan fingerprint density at radius 3 is 2.61 bits per heavy atom. The Morgan fingerprint density at radius 2 is 1.94 bits per heavy atom. The lowest BCUT2D eigenvalue weighted by Gasteiger charge is -2.28. The number of ether oxygens (including phenoxy) is 1. The van der Waals surface area contributed by atoms with Crippen molar-refractivity contribution in [2.24, 2.45) is 5.92 Å². The Balaban J connectivity index is 1.85. The molecule has 0 saturated carbocycles. The van der Waals surface area contributed by atoms with Gasteiger partial charge < -0.3 is 9.64 Å². The fraction of sp³-hybridized carbons (Fsp3) is 0.381. The van der Waals surface area contributed by atoms with Gasteiger partial charge in [-0.3, -0.25) is 0 Å². The molecular formula is C21H23BrF2N2O4S. The molecule has 1 fully saturated rings. The topological polar surface area (TPSA) is 75.7 Å². The summed E-state index contributed by atoms with van der Waals surface area (Å²) < 4.78 is 59.4. The SMILES string of the molecule is CC1CN(C(=O)OCc2ccccc2)C(Cc2cccc(Br)c2F)C1NS(=O)(=O)CF. The van der Waals surface area contributed by atoms with E-state index >= 15 is 0 Å². The van der Waals surface area contributed by atoms with Crippen LogP contribution in [0.4, 0.5) is 13.6 Å². The molecule has 168 valence electrons. The number of nitrogens with one attached hydrogen (secondary N) is 1. The Hall–Kier alpha value is -2.04. The Labute approximate surface area is 188 Å². The summed E-state index contributed by atoms with van der Waals surface area (Å²) in [6.45, 7) is 1.98. The Morgan fingerprint density at radius 1 is 1.23 bits per heavy atom. The van der Waals surface area contributed by atoms with Crippen molar-refractivity contribution in [2.75, 3.05) is 12.6 Å². The summed E-state index contributed by atoms with van der Waals surface area (Å²) >= 11 is 3.14. The largest absolute Gasteiger partial charge is 0.445 e. The number of benzene rings is 2. The third-order valence-electron chi connectivity index (χ3n) is 5.27. The number of carbonyl (C=O) groups excluding carboxylic acids is 1. The quantitative estimate of drug-likeness (QED) is 0.603. The smallest absolute Gasteiger partial charge is 0.410 e. The summed E-state index contributed by atoms with van der Waals surface area (Å²) in [6, 6.07) is 10.8. The maximum Gasteiger partial charge on any atom is 0.410 e. The van der Waals surface area contributed by atoms with Gasteiger partial charge in [0, 0.05) is 12.6 Å². The first kappa shape index (κ1) is 23.6. The molecule has 2 aromatic rings. The van der Waals surface area contributed by atoms with E-state index in [1.165, 1.54) is 4.90 Å². The van der Waals surface area contributed by atoms with Crippen molar-refractivity contribution in [1.29, 1.82) is 0 Å². The lowest BCUT2D eigenvalue weighted by atomic mass is 9.96. The molecule has 3 atom stereocenters. The van der Waals surface area contributed by atoms with E-state index in [0.29, 0.717) is 5.56 Å². The zero-order valence-electron chi connectivity index (χ0n) is 16.8. The zero-order valence-corrected chi connectivity index (χ0v) is 19.2. The predicted octanol–water partition coefficient (Wildman–Crippen LogP) is 4.00. The van der Waals surface area contributed by atoms with E-state index in [4.69, 9.17) is 4.74 Å². The van der Waals surface area contributed by atoms with Crippen LogP contribution in [-0.4, -0.2) is 44.0 Å². The second kappa shape index (κ2) is 10.1. The third kappa shape index (κ3) is 5.81. The summed E-state index contributed by atoms with van der Waals surface area (Å²) in [6.07, 6.45) is -0.603. The minimum Gasteiger partial charge on any atom is -0.445 e. The molecule has 31 heavy (non-hydrogen) atoms. The standard InChI is InChI=1S/C21H23BrF2N2O4S/c1-14-11-26(21(27)30-12-15-6-3-2-4-7-15)18(20(14)25-31(28,29)13-23)10-16-8-5-9-17(22)19(16)24/h2-9,14,18,20,25H,10-13H2,1H3. The molecule has 1 saturated heterocycles. The molecule has 0 aliphatic carbocycles. The zero-order chi connectivity index (χ0) is 22.6. The number of halogens is 3. The van der Waals surface area contributed by atoms with E-state index < -0.39 is 40.0 Å². The first-order valence-corrected chi connectivity index (χ1v) is 12.1. The maximum atomic E-state index is 14.6. The number of alkyl halides is 1. The monoisotopic (exact) mass is 516 g/mol. The van der Waals surface area contributed by atoms with Crippen LogP contribution >= 0.6 is 15.9 Å². The maximum absolute atomic E-state index is 14.6. The lowest BCUT2D eigenvalue weighted by molar-refractivity contribution is 0.0899. The number of hydrogen-bond donors (Lipinski definition) is 1. The molecule has 1 N–H and O–H groups in total. The van der Waals surface area contributed by atoms with E-state index in [1.807, 2.05) is 30.3 Å². The number of sulfonamides is 1. The lowest BCUT2D eigenvalue weighted by Crippen LogP contribution is -2.49. The first-order valence-electron chi connectivity index (χ1n) is 9.68. The minimum atomic E-state index is -4.18. The van der Waals surface area contributed by atoms with Gasteiger partial charge in [0.05, 0.1) is 10.5 Å². The van der Waals surface area contributed by atoms with Gasteiger partial charge in [-0.2, -0.15) is 0 Å². The number of carbonyl (C=O) groups is 1. The Kier molecular flexibility index (Phi) is 7.66. The predicted molar refractivity (Wildman–Crippen MR) is 116 cm³/mol. The fourth-order valence-electron chi connectivity index (χ4n) is 3.75. The molecule has 0 radical (unpaired) electrons. The van der Waals surface area contributed by atoms with Gasteiger partial charge in [-0.1, -0.05) is 49.4 Å². The molecule has 1 aliphatic rings. The normalized spacial score (nSPS) is 21.3. The highest BCUT2D eigenvalue weighted by Crippen LogP contribution is 2.30. The molecule has 3 unspecified atom stereocenters. The number of rotatable bonds is 7. The van der Waals surface area contributed by atoms with Crippen LogP contribution < -0.4 is 4.72 Å². The average Bonchev–Trinajstić information content (AvgIpc) is 3.05. The highest BCUT2D eigenvalue weighted by molar-refractivity contribution is 9.10. The van der Waals surface area contributed by atoms with Crippen LogP contribution in [0, 0.1) is 11.7 Å². The number of amides is 1. The molecule has 1 aliphatic heterocycles. The van der Waals surface area contributed by atoms with Crippen molar-refractivity contribution in [3.8, 4) is 0 Å². The molecule has 10 heteroatoms.